The second-order valence-electron chi connectivity index (χ2n) is 6.63. The minimum Gasteiger partial charge on any atom is -0.493 e. The molecule has 0 aliphatic heterocycles. The lowest BCUT2D eigenvalue weighted by molar-refractivity contribution is 0.279. The molecule has 28 heavy (non-hydrogen) atoms. The van der Waals surface area contributed by atoms with Gasteiger partial charge in [0.2, 0.25) is 0 Å². The second kappa shape index (κ2) is 8.98. The Labute approximate surface area is 170 Å². The number of hydrogen-bond acceptors (Lipinski definition) is 3. The van der Waals surface area contributed by atoms with E-state index in [4.69, 9.17) is 21.1 Å². The monoisotopic (exact) mass is 399 g/mol. The molecule has 0 aromatic heterocycles. The number of nitrogens with one attached hydrogen (secondary N) is 1. The van der Waals surface area contributed by atoms with Gasteiger partial charge in [-0.15, -0.1) is 0 Å². The Morgan fingerprint density at radius 1 is 0.929 bits per heavy atom. The summed E-state index contributed by atoms with van der Waals surface area (Å²) in [6.07, 6.45) is 0. The predicted molar refractivity (Wildman–Crippen MR) is 112 cm³/mol. The van der Waals surface area contributed by atoms with Gasteiger partial charge >= 0.3 is 0 Å². The van der Waals surface area contributed by atoms with Crippen LogP contribution in [0.2, 0.25) is 5.02 Å². The first-order chi connectivity index (χ1) is 13.5. The van der Waals surface area contributed by atoms with Crippen LogP contribution in [0, 0.1) is 19.7 Å². The lowest BCUT2D eigenvalue weighted by atomic mass is 10.1. The third-order valence-electron chi connectivity index (χ3n) is 4.66. The Balaban J connectivity index is 1.73. The Morgan fingerprint density at radius 3 is 2.43 bits per heavy atom. The fourth-order valence-electron chi connectivity index (χ4n) is 2.80. The van der Waals surface area contributed by atoms with E-state index in [2.05, 4.69) is 31.3 Å². The molecule has 3 rings (SSSR count). The van der Waals surface area contributed by atoms with Gasteiger partial charge in [-0.25, -0.2) is 4.39 Å². The zero-order valence-corrected chi connectivity index (χ0v) is 16.9. The van der Waals surface area contributed by atoms with Gasteiger partial charge in [0.05, 0.1) is 7.11 Å². The molecule has 0 bridgehead atoms. The maximum Gasteiger partial charge on any atom is 0.163 e. The Hall–Kier alpha value is -2.72. The average molecular weight is 400 g/mol. The van der Waals surface area contributed by atoms with Crippen molar-refractivity contribution in [2.75, 3.05) is 12.4 Å². The van der Waals surface area contributed by atoms with Crippen LogP contribution in [-0.2, 0) is 13.2 Å². The summed E-state index contributed by atoms with van der Waals surface area (Å²) in [6.45, 7) is 4.81. The fourth-order valence-corrected chi connectivity index (χ4v) is 3.03. The fraction of sp³-hybridized carbons (Fsp3) is 0.217. The number of ether oxygens (including phenoxy) is 2. The van der Waals surface area contributed by atoms with Crippen molar-refractivity contribution in [3.05, 3.63) is 87.7 Å². The van der Waals surface area contributed by atoms with Crippen LogP contribution < -0.4 is 14.8 Å². The SMILES string of the molecule is COc1cc(CNc2ccc(C)c(C)c2)c(Cl)cc1OCc1ccccc1F. The highest BCUT2D eigenvalue weighted by atomic mass is 35.5. The molecule has 3 aromatic carbocycles. The van der Waals surface area contributed by atoms with Crippen molar-refractivity contribution in [3.8, 4) is 11.5 Å². The topological polar surface area (TPSA) is 30.5 Å². The van der Waals surface area contributed by atoms with Crippen LogP contribution in [0.5, 0.6) is 11.5 Å². The van der Waals surface area contributed by atoms with Gasteiger partial charge < -0.3 is 14.8 Å². The Kier molecular flexibility index (Phi) is 6.42. The van der Waals surface area contributed by atoms with E-state index < -0.39 is 0 Å². The van der Waals surface area contributed by atoms with Crippen LogP contribution in [0.4, 0.5) is 10.1 Å². The normalized spacial score (nSPS) is 10.6. The quantitative estimate of drug-likeness (QED) is 0.506. The van der Waals surface area contributed by atoms with Crippen LogP contribution in [0.3, 0.4) is 0 Å². The minimum absolute atomic E-state index is 0.0968. The van der Waals surface area contributed by atoms with Crippen molar-refractivity contribution in [3.63, 3.8) is 0 Å². The van der Waals surface area contributed by atoms with Gasteiger partial charge in [0.1, 0.15) is 12.4 Å². The highest BCUT2D eigenvalue weighted by Crippen LogP contribution is 2.34. The number of anilines is 1. The number of aryl methyl sites for hydroxylation is 2. The van der Waals surface area contributed by atoms with E-state index in [-0.39, 0.29) is 12.4 Å². The molecular formula is C23H23ClFNO2. The molecule has 0 heterocycles. The van der Waals surface area contributed by atoms with Gasteiger partial charge in [0.15, 0.2) is 11.5 Å². The molecule has 1 N–H and O–H groups in total. The standard InChI is InChI=1S/C23H23ClFNO2/c1-15-8-9-19(10-16(15)2)26-13-18-11-22(27-3)23(12-20(18)24)28-14-17-6-4-5-7-21(17)25/h4-12,26H,13-14H2,1-3H3. The van der Waals surface area contributed by atoms with Gasteiger partial charge in [-0.05, 0) is 54.8 Å². The molecule has 0 saturated carbocycles. The zero-order valence-electron chi connectivity index (χ0n) is 16.2. The molecule has 0 saturated heterocycles. The molecule has 5 heteroatoms. The van der Waals surface area contributed by atoms with Crippen LogP contribution in [0.1, 0.15) is 22.3 Å². The summed E-state index contributed by atoms with van der Waals surface area (Å²) in [5.74, 6) is 0.727. The van der Waals surface area contributed by atoms with Crippen molar-refractivity contribution in [1.82, 2.24) is 0 Å². The first-order valence-corrected chi connectivity index (χ1v) is 9.39. The average Bonchev–Trinajstić information content (AvgIpc) is 2.69. The van der Waals surface area contributed by atoms with Gasteiger partial charge in [0, 0.05) is 28.9 Å². The van der Waals surface area contributed by atoms with Crippen molar-refractivity contribution >= 4 is 17.3 Å². The van der Waals surface area contributed by atoms with Crippen LogP contribution >= 0.6 is 11.6 Å². The van der Waals surface area contributed by atoms with Gasteiger partial charge in [-0.1, -0.05) is 35.9 Å². The summed E-state index contributed by atoms with van der Waals surface area (Å²) in [7, 11) is 1.57. The van der Waals surface area contributed by atoms with Crippen molar-refractivity contribution in [2.45, 2.75) is 27.0 Å². The largest absolute Gasteiger partial charge is 0.493 e. The maximum absolute atomic E-state index is 13.8. The molecule has 0 spiro atoms. The highest BCUT2D eigenvalue weighted by molar-refractivity contribution is 6.31. The van der Waals surface area contributed by atoms with E-state index in [1.165, 1.54) is 17.2 Å². The number of halogens is 2. The van der Waals surface area contributed by atoms with Crippen LogP contribution in [-0.4, -0.2) is 7.11 Å². The number of methoxy groups -OCH3 is 1. The summed E-state index contributed by atoms with van der Waals surface area (Å²) in [6, 6.07) is 16.3. The molecule has 0 fully saturated rings. The van der Waals surface area contributed by atoms with E-state index in [1.54, 1.807) is 31.4 Å². The lowest BCUT2D eigenvalue weighted by Gasteiger charge is -2.15. The van der Waals surface area contributed by atoms with Crippen molar-refractivity contribution < 1.29 is 13.9 Å². The third-order valence-corrected chi connectivity index (χ3v) is 5.02. The Bertz CT molecular complexity index is 975. The van der Waals surface area contributed by atoms with Crippen molar-refractivity contribution in [2.24, 2.45) is 0 Å². The smallest absolute Gasteiger partial charge is 0.163 e. The molecule has 0 unspecified atom stereocenters. The minimum atomic E-state index is -0.304. The summed E-state index contributed by atoms with van der Waals surface area (Å²) in [4.78, 5) is 0. The zero-order chi connectivity index (χ0) is 20.1. The van der Waals surface area contributed by atoms with E-state index in [1.807, 2.05) is 12.1 Å². The molecule has 146 valence electrons. The van der Waals surface area contributed by atoms with Gasteiger partial charge in [0.25, 0.3) is 0 Å². The van der Waals surface area contributed by atoms with Crippen molar-refractivity contribution in [1.29, 1.82) is 0 Å². The van der Waals surface area contributed by atoms with E-state index in [9.17, 15) is 4.39 Å². The summed E-state index contributed by atoms with van der Waals surface area (Å²) in [5, 5.41) is 3.93. The van der Waals surface area contributed by atoms with E-state index >= 15 is 0 Å². The van der Waals surface area contributed by atoms with Gasteiger partial charge in [-0.2, -0.15) is 0 Å². The van der Waals surface area contributed by atoms with Crippen LogP contribution in [0.15, 0.2) is 54.6 Å². The van der Waals surface area contributed by atoms with Crippen LogP contribution in [0.25, 0.3) is 0 Å². The van der Waals surface area contributed by atoms with Gasteiger partial charge in [-0.3, -0.25) is 0 Å². The number of rotatable bonds is 7. The first-order valence-electron chi connectivity index (χ1n) is 9.01. The van der Waals surface area contributed by atoms with E-state index in [0.717, 1.165) is 11.3 Å². The molecule has 0 aliphatic carbocycles. The third kappa shape index (κ3) is 4.76. The first kappa shape index (κ1) is 20.0. The molecule has 0 atom stereocenters. The molecule has 0 amide bonds. The predicted octanol–water partition coefficient (Wildman–Crippen LogP) is 6.30. The summed E-state index contributed by atoms with van der Waals surface area (Å²) < 4.78 is 25.0. The van der Waals surface area contributed by atoms with E-state index in [0.29, 0.717) is 28.6 Å². The summed E-state index contributed by atoms with van der Waals surface area (Å²) in [5.41, 5.74) is 4.86. The Morgan fingerprint density at radius 2 is 1.71 bits per heavy atom. The molecule has 0 aliphatic rings. The molecule has 3 nitrogen and oxygen atoms in total. The summed E-state index contributed by atoms with van der Waals surface area (Å²) >= 11 is 6.44. The molecule has 3 aromatic rings. The highest BCUT2D eigenvalue weighted by Gasteiger charge is 2.12. The molecule has 0 radical (unpaired) electrons. The molecular weight excluding hydrogens is 377 g/mol. The number of benzene rings is 3. The lowest BCUT2D eigenvalue weighted by Crippen LogP contribution is -2.04. The maximum atomic E-state index is 13.8. The second-order valence-corrected chi connectivity index (χ2v) is 7.03. The number of hydrogen-bond donors (Lipinski definition) is 1.